The van der Waals surface area contributed by atoms with Crippen LogP contribution in [0.5, 0.6) is 0 Å². The molecular weight excluding hydrogens is 372 g/mol. The van der Waals surface area contributed by atoms with Crippen molar-refractivity contribution in [1.82, 2.24) is 20.1 Å². The molecule has 0 spiro atoms. The number of nitrogens with zero attached hydrogens (tertiary/aromatic N) is 4. The summed E-state index contributed by atoms with van der Waals surface area (Å²) in [5.41, 5.74) is 3.40. The van der Waals surface area contributed by atoms with E-state index in [2.05, 4.69) is 20.1 Å². The van der Waals surface area contributed by atoms with Gasteiger partial charge >= 0.3 is 0 Å². The van der Waals surface area contributed by atoms with E-state index in [1.54, 1.807) is 18.1 Å². The molecule has 3 heterocycles. The molecule has 0 amide bonds. The molecule has 6 nitrogen and oxygen atoms in total. The lowest BCUT2D eigenvalue weighted by Crippen LogP contribution is -1.90. The van der Waals surface area contributed by atoms with Gasteiger partial charge in [-0.05, 0) is 18.6 Å². The van der Waals surface area contributed by atoms with Crippen molar-refractivity contribution in [3.05, 3.63) is 66.8 Å². The molecule has 0 atom stereocenters. The molecule has 2 aromatic carbocycles. The van der Waals surface area contributed by atoms with E-state index in [9.17, 15) is 0 Å². The van der Waals surface area contributed by atoms with Crippen molar-refractivity contribution in [3.63, 3.8) is 0 Å². The Morgan fingerprint density at radius 2 is 1.79 bits per heavy atom. The van der Waals surface area contributed by atoms with E-state index in [0.29, 0.717) is 11.7 Å². The van der Waals surface area contributed by atoms with Crippen LogP contribution in [0.2, 0.25) is 0 Å². The first-order valence-electron chi connectivity index (χ1n) is 9.01. The number of furan rings is 1. The number of hydrogen-bond acceptors (Lipinski definition) is 7. The highest BCUT2D eigenvalue weighted by Crippen LogP contribution is 2.32. The third-order valence-corrected chi connectivity index (χ3v) is 5.46. The third-order valence-electron chi connectivity index (χ3n) is 4.40. The number of aromatic nitrogens is 4. The minimum absolute atomic E-state index is 0.628. The topological polar surface area (TPSA) is 77.8 Å². The molecule has 3 aromatic heterocycles. The van der Waals surface area contributed by atoms with Crippen molar-refractivity contribution in [2.24, 2.45) is 0 Å². The van der Waals surface area contributed by atoms with Crippen molar-refractivity contribution in [3.8, 4) is 11.4 Å². The maximum absolute atomic E-state index is 5.96. The molecule has 0 N–H and O–H groups in total. The van der Waals surface area contributed by atoms with E-state index >= 15 is 0 Å². The van der Waals surface area contributed by atoms with Crippen LogP contribution >= 0.6 is 11.8 Å². The first-order valence-corrected chi connectivity index (χ1v) is 10.00. The zero-order chi connectivity index (χ0) is 18.8. The van der Waals surface area contributed by atoms with E-state index in [1.165, 1.54) is 0 Å². The maximum Gasteiger partial charge on any atom is 0.226 e. The molecule has 0 aliphatic heterocycles. The van der Waals surface area contributed by atoms with Gasteiger partial charge in [0, 0.05) is 23.1 Å². The minimum atomic E-state index is 0.628. The predicted molar refractivity (Wildman–Crippen MR) is 108 cm³/mol. The molecule has 7 heteroatoms. The molecule has 5 aromatic rings. The molecule has 0 aliphatic rings. The first kappa shape index (κ1) is 16.9. The second-order valence-corrected chi connectivity index (χ2v) is 7.37. The Kier molecular flexibility index (Phi) is 4.50. The fourth-order valence-electron chi connectivity index (χ4n) is 3.06. The molecule has 28 heavy (non-hydrogen) atoms. The van der Waals surface area contributed by atoms with Gasteiger partial charge in [-0.1, -0.05) is 47.6 Å². The first-order chi connectivity index (χ1) is 13.9. The Morgan fingerprint density at radius 1 is 0.929 bits per heavy atom. The largest absolute Gasteiger partial charge is 0.451 e. The molecule has 0 unspecified atom stereocenters. The monoisotopic (exact) mass is 388 g/mol. The summed E-state index contributed by atoms with van der Waals surface area (Å²) in [5, 5.41) is 5.93. The lowest BCUT2D eigenvalue weighted by Gasteiger charge is -1.99. The van der Waals surface area contributed by atoms with Crippen molar-refractivity contribution >= 4 is 33.8 Å². The van der Waals surface area contributed by atoms with Gasteiger partial charge in [-0.25, -0.2) is 9.97 Å². The Labute approximate surface area is 165 Å². The summed E-state index contributed by atoms with van der Waals surface area (Å²) in [6, 6.07) is 17.7. The highest BCUT2D eigenvalue weighted by Gasteiger charge is 2.13. The summed E-state index contributed by atoms with van der Waals surface area (Å²) in [4.78, 5) is 13.3. The quantitative estimate of drug-likeness (QED) is 0.226. The van der Waals surface area contributed by atoms with Gasteiger partial charge < -0.3 is 8.94 Å². The number of para-hydroxylation sites is 1. The van der Waals surface area contributed by atoms with Gasteiger partial charge in [-0.15, -0.1) is 11.8 Å². The van der Waals surface area contributed by atoms with Crippen LogP contribution in [0.15, 0.2) is 74.9 Å². The maximum atomic E-state index is 5.96. The van der Waals surface area contributed by atoms with Crippen LogP contribution in [0.25, 0.3) is 33.5 Å². The zero-order valence-corrected chi connectivity index (χ0v) is 15.7. The van der Waals surface area contributed by atoms with Gasteiger partial charge in [0.2, 0.25) is 11.7 Å². The number of rotatable bonds is 6. The summed E-state index contributed by atoms with van der Waals surface area (Å²) in [5.74, 6) is 2.14. The molecule has 138 valence electrons. The highest BCUT2D eigenvalue weighted by atomic mass is 32.2. The molecular formula is C21H16N4O2S. The van der Waals surface area contributed by atoms with Crippen molar-refractivity contribution in [1.29, 1.82) is 0 Å². The average Bonchev–Trinajstić information content (AvgIpc) is 3.37. The van der Waals surface area contributed by atoms with Crippen LogP contribution in [0.4, 0.5) is 0 Å². The van der Waals surface area contributed by atoms with Crippen molar-refractivity contribution in [2.75, 3.05) is 5.75 Å². The Bertz CT molecular complexity index is 1230. The molecule has 0 fully saturated rings. The zero-order valence-electron chi connectivity index (χ0n) is 14.9. The fraction of sp³-hybridized carbons (Fsp3) is 0.143. The summed E-state index contributed by atoms with van der Waals surface area (Å²) < 4.78 is 11.3. The molecule has 0 radical (unpaired) electrons. The molecule has 5 rings (SSSR count). The number of aryl methyl sites for hydroxylation is 1. The summed E-state index contributed by atoms with van der Waals surface area (Å²) in [7, 11) is 0. The van der Waals surface area contributed by atoms with Crippen LogP contribution in [-0.2, 0) is 6.42 Å². The number of fused-ring (bicyclic) bond motifs is 3. The van der Waals surface area contributed by atoms with E-state index < -0.39 is 0 Å². The van der Waals surface area contributed by atoms with Gasteiger partial charge in [-0.3, -0.25) is 0 Å². The number of hydrogen-bond donors (Lipinski definition) is 0. The van der Waals surface area contributed by atoms with E-state index in [4.69, 9.17) is 8.94 Å². The van der Waals surface area contributed by atoms with Crippen LogP contribution in [0, 0.1) is 0 Å². The van der Waals surface area contributed by atoms with E-state index in [1.807, 2.05) is 54.6 Å². The molecule has 0 saturated carbocycles. The Morgan fingerprint density at radius 3 is 2.71 bits per heavy atom. The summed E-state index contributed by atoms with van der Waals surface area (Å²) in [6.45, 7) is 0. The van der Waals surface area contributed by atoms with E-state index in [0.717, 1.165) is 51.3 Å². The molecule has 0 aliphatic carbocycles. The Balaban J connectivity index is 1.25. The van der Waals surface area contributed by atoms with Crippen LogP contribution in [0.1, 0.15) is 12.3 Å². The number of thioether (sulfide) groups is 1. The highest BCUT2D eigenvalue weighted by molar-refractivity contribution is 7.99. The normalized spacial score (nSPS) is 11.4. The minimum Gasteiger partial charge on any atom is -0.451 e. The van der Waals surface area contributed by atoms with Gasteiger partial charge in [0.1, 0.15) is 22.5 Å². The van der Waals surface area contributed by atoms with Crippen LogP contribution in [0.3, 0.4) is 0 Å². The van der Waals surface area contributed by atoms with E-state index in [-0.39, 0.29) is 0 Å². The van der Waals surface area contributed by atoms with Gasteiger partial charge in [0.05, 0.1) is 0 Å². The third kappa shape index (κ3) is 3.25. The molecule has 0 saturated heterocycles. The Hall–Kier alpha value is -3.19. The number of benzene rings is 2. The smallest absolute Gasteiger partial charge is 0.226 e. The van der Waals surface area contributed by atoms with Crippen LogP contribution in [-0.4, -0.2) is 25.9 Å². The van der Waals surface area contributed by atoms with Gasteiger partial charge in [-0.2, -0.15) is 4.98 Å². The molecule has 0 bridgehead atoms. The fourth-order valence-corrected chi connectivity index (χ4v) is 3.93. The SMILES string of the molecule is c1ccc(-c2noc(CCCSc3ncnc4c3oc3ccccc34)n2)cc1. The lowest BCUT2D eigenvalue weighted by molar-refractivity contribution is 0.378. The van der Waals surface area contributed by atoms with Gasteiger partial charge in [0.25, 0.3) is 0 Å². The van der Waals surface area contributed by atoms with Gasteiger partial charge in [0.15, 0.2) is 5.58 Å². The lowest BCUT2D eigenvalue weighted by atomic mass is 10.2. The van der Waals surface area contributed by atoms with Crippen molar-refractivity contribution in [2.45, 2.75) is 17.9 Å². The second-order valence-electron chi connectivity index (χ2n) is 6.28. The predicted octanol–water partition coefficient (Wildman–Crippen LogP) is 5.15. The standard InChI is InChI=1S/C21H16N4O2S/c1-2-7-14(8-3-1)20-24-17(27-25-20)11-6-12-28-21-19-18(22-13-23-21)15-9-4-5-10-16(15)26-19/h1-5,7-10,13H,6,11-12H2. The summed E-state index contributed by atoms with van der Waals surface area (Å²) in [6.07, 6.45) is 3.21. The van der Waals surface area contributed by atoms with Crippen molar-refractivity contribution < 1.29 is 8.94 Å². The average molecular weight is 388 g/mol. The second kappa shape index (κ2) is 7.44. The van der Waals surface area contributed by atoms with Crippen LogP contribution < -0.4 is 0 Å². The summed E-state index contributed by atoms with van der Waals surface area (Å²) >= 11 is 1.65.